The lowest BCUT2D eigenvalue weighted by molar-refractivity contribution is 0.0921. The Morgan fingerprint density at radius 1 is 1.37 bits per heavy atom. The third-order valence-corrected chi connectivity index (χ3v) is 3.33. The summed E-state index contributed by atoms with van der Waals surface area (Å²) >= 11 is 0. The fraction of sp³-hybridized carbons (Fsp3) is 0.400. The minimum Gasteiger partial charge on any atom is -0.393 e. The number of carbonyl (C=O) groups excluding carboxylic acids is 1. The lowest BCUT2D eigenvalue weighted by atomic mass is 10.0. The van der Waals surface area contributed by atoms with Crippen molar-refractivity contribution in [3.8, 4) is 0 Å². The minimum atomic E-state index is -0.374. The van der Waals surface area contributed by atoms with E-state index in [2.05, 4.69) is 10.3 Å². The quantitative estimate of drug-likeness (QED) is 0.772. The molecule has 19 heavy (non-hydrogen) atoms. The van der Waals surface area contributed by atoms with Crippen LogP contribution in [0.25, 0.3) is 10.9 Å². The number of carbonyl (C=O) groups is 1. The Balaban J connectivity index is 1.99. The van der Waals surface area contributed by atoms with Gasteiger partial charge in [-0.2, -0.15) is 0 Å². The first-order valence-electron chi connectivity index (χ1n) is 6.62. The van der Waals surface area contributed by atoms with Crippen LogP contribution in [0.2, 0.25) is 0 Å². The predicted octanol–water partition coefficient (Wildman–Crippen LogP) is 2.30. The number of hydrogen-bond acceptors (Lipinski definition) is 2. The number of nitrogens with one attached hydrogen (secondary N) is 2. The van der Waals surface area contributed by atoms with E-state index in [4.69, 9.17) is 0 Å². The summed E-state index contributed by atoms with van der Waals surface area (Å²) in [5, 5.41) is 13.6. The van der Waals surface area contributed by atoms with Crippen LogP contribution in [0, 0.1) is 5.92 Å². The highest BCUT2D eigenvalue weighted by Gasteiger charge is 2.12. The van der Waals surface area contributed by atoms with Gasteiger partial charge >= 0.3 is 0 Å². The molecule has 1 heterocycles. The van der Waals surface area contributed by atoms with E-state index >= 15 is 0 Å². The number of aliphatic hydroxyl groups is 1. The predicted molar refractivity (Wildman–Crippen MR) is 76.1 cm³/mol. The number of amides is 1. The summed E-state index contributed by atoms with van der Waals surface area (Å²) < 4.78 is 0. The summed E-state index contributed by atoms with van der Waals surface area (Å²) in [5.74, 6) is 0.104. The molecule has 0 aliphatic rings. The highest BCUT2D eigenvalue weighted by molar-refractivity contribution is 6.05. The highest BCUT2D eigenvalue weighted by atomic mass is 16.3. The first kappa shape index (κ1) is 13.6. The molecule has 0 aliphatic carbocycles. The van der Waals surface area contributed by atoms with Gasteiger partial charge in [0.25, 0.3) is 5.91 Å². The largest absolute Gasteiger partial charge is 0.393 e. The molecule has 0 fully saturated rings. The summed E-state index contributed by atoms with van der Waals surface area (Å²) in [6.45, 7) is 4.41. The first-order valence-corrected chi connectivity index (χ1v) is 6.62. The van der Waals surface area contributed by atoms with Gasteiger partial charge in [-0.1, -0.05) is 26.0 Å². The maximum Gasteiger partial charge on any atom is 0.253 e. The number of para-hydroxylation sites is 1. The van der Waals surface area contributed by atoms with Crippen molar-refractivity contribution in [2.45, 2.75) is 26.4 Å². The summed E-state index contributed by atoms with van der Waals surface area (Å²) in [6, 6.07) is 7.57. The maximum absolute atomic E-state index is 12.1. The van der Waals surface area contributed by atoms with Gasteiger partial charge in [-0.15, -0.1) is 0 Å². The summed E-state index contributed by atoms with van der Waals surface area (Å²) in [5.41, 5.74) is 1.49. The van der Waals surface area contributed by atoms with Crippen LogP contribution < -0.4 is 5.32 Å². The van der Waals surface area contributed by atoms with Gasteiger partial charge in [0.05, 0.1) is 17.2 Å². The molecule has 0 aliphatic heterocycles. The first-order chi connectivity index (χ1) is 9.09. The topological polar surface area (TPSA) is 65.1 Å². The molecule has 2 aromatic rings. The van der Waals surface area contributed by atoms with Crippen LogP contribution in [0.3, 0.4) is 0 Å². The lowest BCUT2D eigenvalue weighted by Gasteiger charge is -2.14. The molecule has 0 saturated carbocycles. The molecule has 0 radical (unpaired) electrons. The van der Waals surface area contributed by atoms with Gasteiger partial charge in [-0.05, 0) is 24.5 Å². The molecule has 1 amide bonds. The fourth-order valence-electron chi connectivity index (χ4n) is 2.04. The Labute approximate surface area is 112 Å². The second-order valence-corrected chi connectivity index (χ2v) is 5.10. The molecule has 3 N–H and O–H groups in total. The lowest BCUT2D eigenvalue weighted by Crippen LogP contribution is -2.28. The number of rotatable bonds is 5. The van der Waals surface area contributed by atoms with Crippen LogP contribution in [0.1, 0.15) is 30.6 Å². The third-order valence-electron chi connectivity index (χ3n) is 3.33. The van der Waals surface area contributed by atoms with Crippen molar-refractivity contribution < 1.29 is 9.90 Å². The smallest absolute Gasteiger partial charge is 0.253 e. The van der Waals surface area contributed by atoms with Crippen LogP contribution in [-0.4, -0.2) is 28.6 Å². The Bertz CT molecular complexity index is 560. The molecule has 2 rings (SSSR count). The molecule has 1 atom stereocenters. The van der Waals surface area contributed by atoms with Gasteiger partial charge in [-0.25, -0.2) is 0 Å². The number of fused-ring (bicyclic) bond motifs is 1. The zero-order valence-corrected chi connectivity index (χ0v) is 11.3. The van der Waals surface area contributed by atoms with Crippen molar-refractivity contribution in [3.05, 3.63) is 36.0 Å². The van der Waals surface area contributed by atoms with Gasteiger partial charge in [0.15, 0.2) is 0 Å². The molecule has 4 nitrogen and oxygen atoms in total. The molecule has 102 valence electrons. The average molecular weight is 260 g/mol. The monoisotopic (exact) mass is 260 g/mol. The summed E-state index contributed by atoms with van der Waals surface area (Å²) in [7, 11) is 0. The highest BCUT2D eigenvalue weighted by Crippen LogP contribution is 2.16. The van der Waals surface area contributed by atoms with Crippen molar-refractivity contribution in [3.63, 3.8) is 0 Å². The number of H-pyrrole nitrogens is 1. The summed E-state index contributed by atoms with van der Waals surface area (Å²) in [4.78, 5) is 15.2. The fourth-order valence-corrected chi connectivity index (χ4v) is 2.04. The second-order valence-electron chi connectivity index (χ2n) is 5.10. The van der Waals surface area contributed by atoms with Crippen LogP contribution >= 0.6 is 0 Å². The van der Waals surface area contributed by atoms with E-state index in [0.29, 0.717) is 18.5 Å². The average Bonchev–Trinajstić information content (AvgIpc) is 2.86. The Morgan fingerprint density at radius 2 is 2.16 bits per heavy atom. The van der Waals surface area contributed by atoms with E-state index < -0.39 is 0 Å². The van der Waals surface area contributed by atoms with Gasteiger partial charge in [0.2, 0.25) is 0 Å². The Hall–Kier alpha value is -1.81. The van der Waals surface area contributed by atoms with Crippen LogP contribution in [-0.2, 0) is 0 Å². The normalized spacial score (nSPS) is 12.8. The van der Waals surface area contributed by atoms with Crippen molar-refractivity contribution >= 4 is 16.8 Å². The molecular formula is C15H20N2O2. The van der Waals surface area contributed by atoms with Crippen molar-refractivity contribution in [2.24, 2.45) is 5.92 Å². The maximum atomic E-state index is 12.1. The van der Waals surface area contributed by atoms with Crippen LogP contribution in [0.4, 0.5) is 0 Å². The molecular weight excluding hydrogens is 240 g/mol. The van der Waals surface area contributed by atoms with Gasteiger partial charge in [-0.3, -0.25) is 4.79 Å². The number of aromatic nitrogens is 1. The molecule has 1 aromatic carbocycles. The zero-order valence-electron chi connectivity index (χ0n) is 11.3. The Morgan fingerprint density at radius 3 is 2.89 bits per heavy atom. The molecule has 1 unspecified atom stereocenters. The molecule has 0 saturated heterocycles. The van der Waals surface area contributed by atoms with E-state index in [-0.39, 0.29) is 17.9 Å². The van der Waals surface area contributed by atoms with Gasteiger partial charge in [0.1, 0.15) is 0 Å². The van der Waals surface area contributed by atoms with E-state index in [0.717, 1.165) is 10.9 Å². The molecule has 4 heteroatoms. The van der Waals surface area contributed by atoms with Crippen LogP contribution in [0.5, 0.6) is 0 Å². The van der Waals surface area contributed by atoms with Crippen molar-refractivity contribution in [1.82, 2.24) is 10.3 Å². The molecule has 0 bridgehead atoms. The minimum absolute atomic E-state index is 0.107. The van der Waals surface area contributed by atoms with Gasteiger partial charge in [0, 0.05) is 18.1 Å². The summed E-state index contributed by atoms with van der Waals surface area (Å²) in [6.07, 6.45) is 2.02. The third kappa shape index (κ3) is 3.15. The van der Waals surface area contributed by atoms with E-state index in [1.165, 1.54) is 0 Å². The molecule has 0 spiro atoms. The number of aliphatic hydroxyl groups excluding tert-OH is 1. The van der Waals surface area contributed by atoms with Crippen molar-refractivity contribution in [2.75, 3.05) is 6.54 Å². The van der Waals surface area contributed by atoms with Crippen molar-refractivity contribution in [1.29, 1.82) is 0 Å². The number of hydrogen-bond donors (Lipinski definition) is 3. The number of aromatic amines is 1. The van der Waals surface area contributed by atoms with E-state index in [1.807, 2.05) is 38.2 Å². The number of benzene rings is 1. The van der Waals surface area contributed by atoms with E-state index in [9.17, 15) is 9.90 Å². The van der Waals surface area contributed by atoms with Gasteiger partial charge < -0.3 is 15.4 Å². The zero-order chi connectivity index (χ0) is 13.8. The second kappa shape index (κ2) is 5.89. The Kier molecular flexibility index (Phi) is 4.22. The van der Waals surface area contributed by atoms with Crippen LogP contribution in [0.15, 0.2) is 30.5 Å². The standard InChI is InChI=1S/C15H20N2O2/c1-10(2)13(18)7-9-17-15(19)12-5-3-4-11-6-8-16-14(11)12/h3-6,8,10,13,16,18H,7,9H2,1-2H3,(H,17,19). The molecule has 1 aromatic heterocycles. The SMILES string of the molecule is CC(C)C(O)CCNC(=O)c1cccc2cc[nH]c12. The van der Waals surface area contributed by atoms with E-state index in [1.54, 1.807) is 6.07 Å².